The maximum Gasteiger partial charge on any atom is 0.253 e. The standard InChI is InChI=1S/C14H16ClN3OS/c1-2-16-12-4-3-10(15)9-11(12)14(19)18-6-5-13-17-7-8-20-13/h3-4,7-9,16H,2,5-6H2,1H3,(H,18,19). The lowest BCUT2D eigenvalue weighted by Crippen LogP contribution is -2.26. The van der Waals surface area contributed by atoms with E-state index in [4.69, 9.17) is 11.6 Å². The summed E-state index contributed by atoms with van der Waals surface area (Å²) in [5.41, 5.74) is 1.36. The molecule has 1 amide bonds. The Morgan fingerprint density at radius 1 is 1.45 bits per heavy atom. The lowest BCUT2D eigenvalue weighted by Gasteiger charge is -2.11. The van der Waals surface area contributed by atoms with Crippen LogP contribution in [-0.2, 0) is 6.42 Å². The Labute approximate surface area is 127 Å². The van der Waals surface area contributed by atoms with Gasteiger partial charge < -0.3 is 10.6 Å². The van der Waals surface area contributed by atoms with Crippen molar-refractivity contribution in [3.05, 3.63) is 45.4 Å². The van der Waals surface area contributed by atoms with Crippen LogP contribution < -0.4 is 10.6 Å². The first kappa shape index (κ1) is 14.8. The van der Waals surface area contributed by atoms with E-state index in [0.717, 1.165) is 23.7 Å². The molecule has 0 atom stereocenters. The van der Waals surface area contributed by atoms with E-state index in [-0.39, 0.29) is 5.91 Å². The number of amides is 1. The van der Waals surface area contributed by atoms with Crippen LogP contribution >= 0.6 is 22.9 Å². The van der Waals surface area contributed by atoms with E-state index < -0.39 is 0 Å². The van der Waals surface area contributed by atoms with Crippen LogP contribution in [0.4, 0.5) is 5.69 Å². The van der Waals surface area contributed by atoms with Crippen molar-refractivity contribution in [1.82, 2.24) is 10.3 Å². The van der Waals surface area contributed by atoms with Crippen molar-refractivity contribution < 1.29 is 4.79 Å². The Morgan fingerprint density at radius 2 is 2.30 bits per heavy atom. The third kappa shape index (κ3) is 3.95. The lowest BCUT2D eigenvalue weighted by molar-refractivity contribution is 0.0955. The molecule has 0 bridgehead atoms. The molecule has 0 unspecified atom stereocenters. The van der Waals surface area contributed by atoms with Crippen molar-refractivity contribution in [2.24, 2.45) is 0 Å². The molecule has 1 heterocycles. The third-order valence-electron chi connectivity index (χ3n) is 2.70. The molecule has 0 fully saturated rings. The highest BCUT2D eigenvalue weighted by molar-refractivity contribution is 7.09. The summed E-state index contributed by atoms with van der Waals surface area (Å²) in [6.07, 6.45) is 2.50. The molecule has 0 radical (unpaired) electrons. The third-order valence-corrected chi connectivity index (χ3v) is 3.78. The molecule has 0 spiro atoms. The Bertz CT molecular complexity index is 572. The number of aromatic nitrogens is 1. The van der Waals surface area contributed by atoms with E-state index in [1.807, 2.05) is 18.4 Å². The highest BCUT2D eigenvalue weighted by Crippen LogP contribution is 2.20. The number of nitrogens with one attached hydrogen (secondary N) is 2. The average molecular weight is 310 g/mol. The van der Waals surface area contributed by atoms with E-state index in [9.17, 15) is 4.79 Å². The second kappa shape index (κ2) is 7.26. The van der Waals surface area contributed by atoms with Gasteiger partial charge in [-0.2, -0.15) is 0 Å². The number of rotatable bonds is 6. The first-order chi connectivity index (χ1) is 9.70. The van der Waals surface area contributed by atoms with Gasteiger partial charge in [0.2, 0.25) is 0 Å². The highest BCUT2D eigenvalue weighted by atomic mass is 35.5. The van der Waals surface area contributed by atoms with E-state index >= 15 is 0 Å². The monoisotopic (exact) mass is 309 g/mol. The highest BCUT2D eigenvalue weighted by Gasteiger charge is 2.11. The molecular weight excluding hydrogens is 294 g/mol. The molecule has 2 N–H and O–H groups in total. The second-order valence-corrected chi connectivity index (χ2v) is 5.57. The van der Waals surface area contributed by atoms with Gasteiger partial charge in [-0.3, -0.25) is 4.79 Å². The number of benzene rings is 1. The summed E-state index contributed by atoms with van der Waals surface area (Å²) in [5, 5.41) is 9.55. The number of nitrogens with zero attached hydrogens (tertiary/aromatic N) is 1. The zero-order valence-electron chi connectivity index (χ0n) is 11.1. The van der Waals surface area contributed by atoms with Crippen molar-refractivity contribution in [2.75, 3.05) is 18.4 Å². The molecule has 1 aromatic carbocycles. The van der Waals surface area contributed by atoms with Gasteiger partial charge in [0, 0.05) is 41.8 Å². The molecule has 20 heavy (non-hydrogen) atoms. The van der Waals surface area contributed by atoms with Gasteiger partial charge in [-0.05, 0) is 25.1 Å². The van der Waals surface area contributed by atoms with E-state index in [1.165, 1.54) is 0 Å². The van der Waals surface area contributed by atoms with Gasteiger partial charge in [-0.1, -0.05) is 11.6 Å². The molecule has 0 saturated heterocycles. The molecule has 0 aliphatic carbocycles. The second-order valence-electron chi connectivity index (χ2n) is 4.15. The minimum absolute atomic E-state index is 0.125. The number of carbonyl (C=O) groups is 1. The molecule has 6 heteroatoms. The van der Waals surface area contributed by atoms with E-state index in [1.54, 1.807) is 29.7 Å². The minimum atomic E-state index is -0.125. The van der Waals surface area contributed by atoms with Crippen LogP contribution in [0.3, 0.4) is 0 Å². The van der Waals surface area contributed by atoms with Crippen LogP contribution in [0, 0.1) is 0 Å². The van der Waals surface area contributed by atoms with Gasteiger partial charge in [0.05, 0.1) is 10.6 Å². The van der Waals surface area contributed by atoms with Crippen molar-refractivity contribution in [2.45, 2.75) is 13.3 Å². The van der Waals surface area contributed by atoms with Gasteiger partial charge in [0.1, 0.15) is 0 Å². The average Bonchev–Trinajstić information content (AvgIpc) is 2.94. The van der Waals surface area contributed by atoms with Crippen LogP contribution in [0.5, 0.6) is 0 Å². The van der Waals surface area contributed by atoms with Gasteiger partial charge in [-0.15, -0.1) is 11.3 Å². The fourth-order valence-corrected chi connectivity index (χ4v) is 2.60. The number of halogens is 1. The predicted octanol–water partition coefficient (Wildman–Crippen LogP) is 3.20. The van der Waals surface area contributed by atoms with Crippen molar-refractivity contribution >= 4 is 34.5 Å². The van der Waals surface area contributed by atoms with Gasteiger partial charge in [0.25, 0.3) is 5.91 Å². The minimum Gasteiger partial charge on any atom is -0.385 e. The predicted molar refractivity (Wildman–Crippen MR) is 83.8 cm³/mol. The van der Waals surface area contributed by atoms with Gasteiger partial charge >= 0.3 is 0 Å². The van der Waals surface area contributed by atoms with Gasteiger partial charge in [-0.25, -0.2) is 4.98 Å². The summed E-state index contributed by atoms with van der Waals surface area (Å²) in [4.78, 5) is 16.4. The summed E-state index contributed by atoms with van der Waals surface area (Å²) >= 11 is 7.55. The molecule has 2 aromatic rings. The van der Waals surface area contributed by atoms with Crippen LogP contribution in [0.2, 0.25) is 5.02 Å². The number of hydrogen-bond donors (Lipinski definition) is 2. The maximum atomic E-state index is 12.2. The van der Waals surface area contributed by atoms with E-state index in [2.05, 4.69) is 15.6 Å². The summed E-state index contributed by atoms with van der Waals surface area (Å²) in [6.45, 7) is 3.30. The van der Waals surface area contributed by atoms with Crippen molar-refractivity contribution in [3.63, 3.8) is 0 Å². The molecule has 0 aliphatic rings. The Kier molecular flexibility index (Phi) is 5.38. The first-order valence-corrected chi connectivity index (χ1v) is 7.66. The zero-order chi connectivity index (χ0) is 14.4. The Hall–Kier alpha value is -1.59. The summed E-state index contributed by atoms with van der Waals surface area (Å²) < 4.78 is 0. The molecule has 4 nitrogen and oxygen atoms in total. The first-order valence-electron chi connectivity index (χ1n) is 6.40. The molecule has 0 saturated carbocycles. The fourth-order valence-electron chi connectivity index (χ4n) is 1.80. The van der Waals surface area contributed by atoms with Crippen molar-refractivity contribution in [3.8, 4) is 0 Å². The fraction of sp³-hybridized carbons (Fsp3) is 0.286. The summed E-state index contributed by atoms with van der Waals surface area (Å²) in [7, 11) is 0. The molecule has 0 aliphatic heterocycles. The summed E-state index contributed by atoms with van der Waals surface area (Å²) in [6, 6.07) is 5.27. The van der Waals surface area contributed by atoms with Crippen molar-refractivity contribution in [1.29, 1.82) is 0 Å². The zero-order valence-corrected chi connectivity index (χ0v) is 12.7. The largest absolute Gasteiger partial charge is 0.385 e. The van der Waals surface area contributed by atoms with Crippen LogP contribution in [0.15, 0.2) is 29.8 Å². The maximum absolute atomic E-state index is 12.2. The van der Waals surface area contributed by atoms with Crippen LogP contribution in [0.1, 0.15) is 22.3 Å². The molecule has 2 rings (SSSR count). The molecule has 1 aromatic heterocycles. The quantitative estimate of drug-likeness (QED) is 0.861. The van der Waals surface area contributed by atoms with Gasteiger partial charge in [0.15, 0.2) is 0 Å². The Morgan fingerprint density at radius 3 is 3.00 bits per heavy atom. The smallest absolute Gasteiger partial charge is 0.253 e. The number of anilines is 1. The number of carbonyl (C=O) groups excluding carboxylic acids is 1. The van der Waals surface area contributed by atoms with Crippen LogP contribution in [0.25, 0.3) is 0 Å². The SMILES string of the molecule is CCNc1ccc(Cl)cc1C(=O)NCCc1nccs1. The van der Waals surface area contributed by atoms with Crippen LogP contribution in [-0.4, -0.2) is 24.0 Å². The number of hydrogen-bond acceptors (Lipinski definition) is 4. The van der Waals surface area contributed by atoms with E-state index in [0.29, 0.717) is 17.1 Å². The lowest BCUT2D eigenvalue weighted by atomic mass is 10.1. The number of thiazole rings is 1. The normalized spacial score (nSPS) is 10.3. The molecule has 106 valence electrons. The summed E-state index contributed by atoms with van der Waals surface area (Å²) in [5.74, 6) is -0.125. The molecular formula is C14H16ClN3OS. The Balaban J connectivity index is 1.99. The topological polar surface area (TPSA) is 54.0 Å².